The maximum Gasteiger partial charge on any atom is 0.242 e. The lowest BCUT2D eigenvalue weighted by Gasteiger charge is -2.12. The van der Waals surface area contributed by atoms with Crippen LogP contribution in [0.4, 0.5) is 0 Å². The number of halogens is 1. The highest BCUT2D eigenvalue weighted by atomic mass is 35.5. The first-order valence-corrected chi connectivity index (χ1v) is 11.3. The van der Waals surface area contributed by atoms with Crippen LogP contribution in [0.5, 0.6) is 5.75 Å². The first-order chi connectivity index (χ1) is 14.1. The van der Waals surface area contributed by atoms with Crippen molar-refractivity contribution in [2.45, 2.75) is 38.3 Å². The molecular weight excluding hydrogens is 426 g/mol. The standard InChI is InChI=1S/C21H24ClN3O4S/c1-5-10-25-19-8-7-16(30(27,28)24(3)4)12-18(19)23-21(25)13-29-20-9-6-15(22)11-17(20)14(2)26/h6-9,11-12H,5,10,13H2,1-4H3. The summed E-state index contributed by atoms with van der Waals surface area (Å²) >= 11 is 5.99. The molecule has 0 aliphatic rings. The highest BCUT2D eigenvalue weighted by molar-refractivity contribution is 7.89. The number of nitrogens with zero attached hydrogens (tertiary/aromatic N) is 3. The number of imidazole rings is 1. The summed E-state index contributed by atoms with van der Waals surface area (Å²) in [7, 11) is -0.569. The van der Waals surface area contributed by atoms with E-state index in [0.717, 1.165) is 11.9 Å². The van der Waals surface area contributed by atoms with Crippen molar-refractivity contribution in [3.8, 4) is 5.75 Å². The van der Waals surface area contributed by atoms with E-state index in [4.69, 9.17) is 16.3 Å². The molecule has 0 unspecified atom stereocenters. The molecule has 0 aliphatic carbocycles. The average molecular weight is 450 g/mol. The Bertz CT molecular complexity index is 1200. The molecule has 0 fully saturated rings. The number of benzene rings is 2. The lowest BCUT2D eigenvalue weighted by molar-refractivity contribution is 0.101. The number of aryl methyl sites for hydroxylation is 1. The van der Waals surface area contributed by atoms with Crippen molar-refractivity contribution in [1.82, 2.24) is 13.9 Å². The average Bonchev–Trinajstić information content (AvgIpc) is 3.03. The van der Waals surface area contributed by atoms with Crippen molar-refractivity contribution >= 4 is 38.4 Å². The van der Waals surface area contributed by atoms with E-state index in [9.17, 15) is 13.2 Å². The summed E-state index contributed by atoms with van der Waals surface area (Å²) in [5, 5.41) is 0.459. The Kier molecular flexibility index (Phi) is 6.50. The minimum Gasteiger partial charge on any atom is -0.485 e. The molecule has 0 atom stereocenters. The van der Waals surface area contributed by atoms with Crippen LogP contribution in [0.25, 0.3) is 11.0 Å². The first kappa shape index (κ1) is 22.3. The fraction of sp³-hybridized carbons (Fsp3) is 0.333. The normalized spacial score (nSPS) is 11.9. The van der Waals surface area contributed by atoms with Crippen LogP contribution in [0.2, 0.25) is 5.02 Å². The van der Waals surface area contributed by atoms with Crippen LogP contribution < -0.4 is 4.74 Å². The number of carbonyl (C=O) groups excluding carboxylic acids is 1. The summed E-state index contributed by atoms with van der Waals surface area (Å²) in [4.78, 5) is 16.7. The smallest absolute Gasteiger partial charge is 0.242 e. The summed E-state index contributed by atoms with van der Waals surface area (Å²) in [5.74, 6) is 0.932. The van der Waals surface area contributed by atoms with Gasteiger partial charge in [0, 0.05) is 25.7 Å². The lowest BCUT2D eigenvalue weighted by atomic mass is 10.1. The van der Waals surface area contributed by atoms with E-state index >= 15 is 0 Å². The van der Waals surface area contributed by atoms with Gasteiger partial charge in [-0.25, -0.2) is 17.7 Å². The van der Waals surface area contributed by atoms with E-state index in [0.29, 0.717) is 34.2 Å². The van der Waals surface area contributed by atoms with E-state index in [1.165, 1.54) is 25.3 Å². The van der Waals surface area contributed by atoms with Gasteiger partial charge in [-0.3, -0.25) is 4.79 Å². The van der Waals surface area contributed by atoms with Gasteiger partial charge in [-0.15, -0.1) is 0 Å². The number of Topliss-reactive ketones (excluding diaryl/α,β-unsaturated/α-hetero) is 1. The van der Waals surface area contributed by atoms with Crippen molar-refractivity contribution in [3.63, 3.8) is 0 Å². The molecule has 0 N–H and O–H groups in total. The SMILES string of the molecule is CCCn1c(COc2ccc(Cl)cc2C(C)=O)nc2cc(S(=O)(=O)N(C)C)ccc21. The molecular formula is C21H24ClN3O4S. The van der Waals surface area contributed by atoms with Gasteiger partial charge in [-0.05, 0) is 49.7 Å². The zero-order valence-electron chi connectivity index (χ0n) is 17.3. The molecule has 3 aromatic rings. The first-order valence-electron chi connectivity index (χ1n) is 9.50. The van der Waals surface area contributed by atoms with E-state index in [2.05, 4.69) is 4.98 Å². The highest BCUT2D eigenvalue weighted by Crippen LogP contribution is 2.26. The number of fused-ring (bicyclic) bond motifs is 1. The van der Waals surface area contributed by atoms with Crippen LogP contribution in [-0.4, -0.2) is 42.2 Å². The molecule has 0 saturated carbocycles. The largest absolute Gasteiger partial charge is 0.485 e. The molecule has 0 amide bonds. The van der Waals surface area contributed by atoms with E-state index < -0.39 is 10.0 Å². The van der Waals surface area contributed by atoms with Crippen molar-refractivity contribution in [3.05, 3.63) is 52.8 Å². The Morgan fingerprint density at radius 3 is 2.57 bits per heavy atom. The van der Waals surface area contributed by atoms with Crippen molar-refractivity contribution in [2.75, 3.05) is 14.1 Å². The van der Waals surface area contributed by atoms with E-state index in [1.54, 1.807) is 36.4 Å². The lowest BCUT2D eigenvalue weighted by Crippen LogP contribution is -2.22. The van der Waals surface area contributed by atoms with Gasteiger partial charge in [0.2, 0.25) is 10.0 Å². The topological polar surface area (TPSA) is 81.5 Å². The third-order valence-corrected chi connectivity index (χ3v) is 6.75. The summed E-state index contributed by atoms with van der Waals surface area (Å²) in [6.45, 7) is 4.34. The number of aromatic nitrogens is 2. The second kappa shape index (κ2) is 8.75. The number of hydrogen-bond acceptors (Lipinski definition) is 5. The minimum absolute atomic E-state index is 0.131. The maximum absolute atomic E-state index is 12.5. The van der Waals surface area contributed by atoms with E-state index in [-0.39, 0.29) is 17.3 Å². The van der Waals surface area contributed by atoms with Gasteiger partial charge in [0.15, 0.2) is 5.78 Å². The van der Waals surface area contributed by atoms with Gasteiger partial charge in [-0.1, -0.05) is 18.5 Å². The highest BCUT2D eigenvalue weighted by Gasteiger charge is 2.20. The minimum atomic E-state index is -3.56. The van der Waals surface area contributed by atoms with Gasteiger partial charge in [0.05, 0.1) is 21.5 Å². The number of rotatable bonds is 8. The Balaban J connectivity index is 1.99. The molecule has 0 saturated heterocycles. The molecule has 7 nitrogen and oxygen atoms in total. The summed E-state index contributed by atoms with van der Waals surface area (Å²) < 4.78 is 34.0. The fourth-order valence-corrected chi connectivity index (χ4v) is 4.25. The zero-order valence-corrected chi connectivity index (χ0v) is 18.9. The maximum atomic E-state index is 12.5. The summed E-state index contributed by atoms with van der Waals surface area (Å²) in [6.07, 6.45) is 0.871. The fourth-order valence-electron chi connectivity index (χ4n) is 3.16. The number of ether oxygens (including phenoxy) is 1. The van der Waals surface area contributed by atoms with Gasteiger partial charge >= 0.3 is 0 Å². The molecule has 1 heterocycles. The molecule has 2 aromatic carbocycles. The van der Waals surface area contributed by atoms with Crippen LogP contribution in [0.15, 0.2) is 41.3 Å². The van der Waals surface area contributed by atoms with Crippen molar-refractivity contribution in [2.24, 2.45) is 0 Å². The number of ketones is 1. The molecule has 160 valence electrons. The molecule has 9 heteroatoms. The Morgan fingerprint density at radius 2 is 1.93 bits per heavy atom. The Hall–Kier alpha value is -2.42. The Morgan fingerprint density at radius 1 is 1.20 bits per heavy atom. The summed E-state index contributed by atoms with van der Waals surface area (Å²) in [5.41, 5.74) is 1.81. The van der Waals surface area contributed by atoms with Crippen LogP contribution in [0.3, 0.4) is 0 Å². The zero-order chi connectivity index (χ0) is 22.1. The van der Waals surface area contributed by atoms with Gasteiger partial charge in [0.25, 0.3) is 0 Å². The number of hydrogen-bond donors (Lipinski definition) is 0. The summed E-state index contributed by atoms with van der Waals surface area (Å²) in [6, 6.07) is 9.82. The molecule has 0 radical (unpaired) electrons. The van der Waals surface area contributed by atoms with Crippen molar-refractivity contribution in [1.29, 1.82) is 0 Å². The predicted molar refractivity (Wildman–Crippen MR) is 117 cm³/mol. The van der Waals surface area contributed by atoms with Gasteiger partial charge in [0.1, 0.15) is 18.2 Å². The second-order valence-corrected chi connectivity index (χ2v) is 9.69. The third kappa shape index (κ3) is 4.35. The molecule has 1 aromatic heterocycles. The van der Waals surface area contributed by atoms with Crippen LogP contribution in [-0.2, 0) is 23.2 Å². The number of carbonyl (C=O) groups is 1. The number of sulfonamides is 1. The predicted octanol–water partition coefficient (Wildman–Crippen LogP) is 4.13. The molecule has 30 heavy (non-hydrogen) atoms. The molecule has 0 bridgehead atoms. The molecule has 3 rings (SSSR count). The van der Waals surface area contributed by atoms with Crippen LogP contribution in [0.1, 0.15) is 36.5 Å². The van der Waals surface area contributed by atoms with E-state index in [1.807, 2.05) is 11.5 Å². The third-order valence-electron chi connectivity index (χ3n) is 4.70. The second-order valence-electron chi connectivity index (χ2n) is 7.10. The molecule has 0 aliphatic heterocycles. The van der Waals surface area contributed by atoms with Gasteiger partial charge < -0.3 is 9.30 Å². The molecule has 0 spiro atoms. The monoisotopic (exact) mass is 449 g/mol. The van der Waals surface area contributed by atoms with Gasteiger partial charge in [-0.2, -0.15) is 0 Å². The van der Waals surface area contributed by atoms with Crippen LogP contribution in [0, 0.1) is 0 Å². The Labute approximate surface area is 181 Å². The van der Waals surface area contributed by atoms with Crippen LogP contribution >= 0.6 is 11.6 Å². The quantitative estimate of drug-likeness (QED) is 0.483. The van der Waals surface area contributed by atoms with Crippen molar-refractivity contribution < 1.29 is 17.9 Å².